The highest BCUT2D eigenvalue weighted by Crippen LogP contribution is 2.33. The summed E-state index contributed by atoms with van der Waals surface area (Å²) in [6.07, 6.45) is 6.98. The summed E-state index contributed by atoms with van der Waals surface area (Å²) in [5.74, 6) is 1.75. The van der Waals surface area contributed by atoms with E-state index in [4.69, 9.17) is 14.2 Å². The largest absolute Gasteiger partial charge is 0.486 e. The molecular formula is C17H25NO3. The Labute approximate surface area is 126 Å². The zero-order valence-corrected chi connectivity index (χ0v) is 12.6. The summed E-state index contributed by atoms with van der Waals surface area (Å²) < 4.78 is 17.2. The number of rotatable bonds is 6. The van der Waals surface area contributed by atoms with Crippen LogP contribution in [0.1, 0.15) is 37.7 Å². The fourth-order valence-corrected chi connectivity index (χ4v) is 3.03. The summed E-state index contributed by atoms with van der Waals surface area (Å²) >= 11 is 0. The molecule has 1 aromatic rings. The molecule has 1 aliphatic heterocycles. The molecule has 0 amide bonds. The zero-order chi connectivity index (χ0) is 14.3. The molecule has 0 radical (unpaired) electrons. The quantitative estimate of drug-likeness (QED) is 0.818. The van der Waals surface area contributed by atoms with Crippen molar-refractivity contribution in [3.8, 4) is 11.5 Å². The van der Waals surface area contributed by atoms with Crippen molar-refractivity contribution in [1.29, 1.82) is 0 Å². The molecule has 2 aliphatic rings. The van der Waals surface area contributed by atoms with Crippen molar-refractivity contribution in [2.75, 3.05) is 26.4 Å². The maximum atomic E-state index is 5.92. The molecule has 0 bridgehead atoms. The van der Waals surface area contributed by atoms with E-state index >= 15 is 0 Å². The van der Waals surface area contributed by atoms with Crippen LogP contribution >= 0.6 is 0 Å². The second-order valence-electron chi connectivity index (χ2n) is 5.75. The van der Waals surface area contributed by atoms with Crippen molar-refractivity contribution >= 4 is 0 Å². The predicted molar refractivity (Wildman–Crippen MR) is 82.0 cm³/mol. The summed E-state index contributed by atoms with van der Waals surface area (Å²) in [6, 6.07) is 6.07. The summed E-state index contributed by atoms with van der Waals surface area (Å²) in [6.45, 7) is 3.73. The molecule has 1 heterocycles. The van der Waals surface area contributed by atoms with Crippen molar-refractivity contribution in [2.45, 2.75) is 44.8 Å². The first-order valence-electron chi connectivity index (χ1n) is 8.13. The van der Waals surface area contributed by atoms with Crippen molar-refractivity contribution in [1.82, 2.24) is 5.32 Å². The topological polar surface area (TPSA) is 39.7 Å². The van der Waals surface area contributed by atoms with Gasteiger partial charge in [0.1, 0.15) is 13.2 Å². The predicted octanol–water partition coefficient (Wildman–Crippen LogP) is 2.90. The molecule has 4 nitrogen and oxygen atoms in total. The highest BCUT2D eigenvalue weighted by molar-refractivity contribution is 5.47. The van der Waals surface area contributed by atoms with Crippen molar-refractivity contribution < 1.29 is 14.2 Å². The molecule has 21 heavy (non-hydrogen) atoms. The smallest absolute Gasteiger partial charge is 0.165 e. The summed E-state index contributed by atoms with van der Waals surface area (Å²) in [4.78, 5) is 0. The van der Waals surface area contributed by atoms with Gasteiger partial charge >= 0.3 is 0 Å². The number of hydrogen-bond acceptors (Lipinski definition) is 4. The third kappa shape index (κ3) is 4.11. The van der Waals surface area contributed by atoms with Crippen LogP contribution in [0.5, 0.6) is 11.5 Å². The van der Waals surface area contributed by atoms with Crippen LogP contribution in [0.15, 0.2) is 18.2 Å². The summed E-state index contributed by atoms with van der Waals surface area (Å²) in [7, 11) is 0. The van der Waals surface area contributed by atoms with Crippen molar-refractivity contribution in [3.63, 3.8) is 0 Å². The number of para-hydroxylation sites is 1. The minimum absolute atomic E-state index is 0.488. The van der Waals surface area contributed by atoms with Gasteiger partial charge in [-0.3, -0.25) is 0 Å². The lowest BCUT2D eigenvalue weighted by atomic mass is 9.98. The average Bonchev–Trinajstić information content (AvgIpc) is 2.56. The third-order valence-electron chi connectivity index (χ3n) is 4.15. The minimum Gasteiger partial charge on any atom is -0.486 e. The van der Waals surface area contributed by atoms with Crippen molar-refractivity contribution in [3.05, 3.63) is 23.8 Å². The molecule has 0 saturated heterocycles. The van der Waals surface area contributed by atoms with Crippen LogP contribution in [0.4, 0.5) is 0 Å². The average molecular weight is 291 g/mol. The van der Waals surface area contributed by atoms with Gasteiger partial charge in [-0.25, -0.2) is 0 Å². The summed E-state index contributed by atoms with van der Waals surface area (Å²) in [5, 5.41) is 3.43. The van der Waals surface area contributed by atoms with Gasteiger partial charge in [0.05, 0.1) is 12.7 Å². The SMILES string of the molecule is c1cc(CNCCOC2CCCCC2)c2c(c1)OCCO2. The van der Waals surface area contributed by atoms with E-state index in [-0.39, 0.29) is 0 Å². The Morgan fingerprint density at radius 3 is 2.86 bits per heavy atom. The zero-order valence-electron chi connectivity index (χ0n) is 12.6. The first-order valence-corrected chi connectivity index (χ1v) is 8.13. The molecule has 1 fully saturated rings. The van der Waals surface area contributed by atoms with Crippen LogP contribution in [-0.2, 0) is 11.3 Å². The first kappa shape index (κ1) is 14.7. The van der Waals surface area contributed by atoms with Crippen LogP contribution < -0.4 is 14.8 Å². The van der Waals surface area contributed by atoms with Gasteiger partial charge in [0.25, 0.3) is 0 Å². The normalized spacial score (nSPS) is 18.7. The van der Waals surface area contributed by atoms with Crippen LogP contribution in [0.25, 0.3) is 0 Å². The molecule has 1 N–H and O–H groups in total. The van der Waals surface area contributed by atoms with E-state index in [0.717, 1.165) is 36.8 Å². The standard InChI is InChI=1S/C17H25NO3/c1-2-6-15(7-3-1)19-10-9-18-13-14-5-4-8-16-17(14)21-12-11-20-16/h4-5,8,15,18H,1-3,6-7,9-13H2. The lowest BCUT2D eigenvalue weighted by Gasteiger charge is -2.22. The first-order chi connectivity index (χ1) is 10.4. The molecule has 1 aliphatic carbocycles. The Bertz CT molecular complexity index is 444. The van der Waals surface area contributed by atoms with Gasteiger partial charge in [0.15, 0.2) is 11.5 Å². The van der Waals surface area contributed by atoms with Gasteiger partial charge < -0.3 is 19.5 Å². The van der Waals surface area contributed by atoms with E-state index in [1.54, 1.807) is 0 Å². The van der Waals surface area contributed by atoms with Gasteiger partial charge in [0, 0.05) is 18.7 Å². The highest BCUT2D eigenvalue weighted by Gasteiger charge is 2.15. The molecule has 116 valence electrons. The number of fused-ring (bicyclic) bond motifs is 1. The molecule has 0 aromatic heterocycles. The number of hydrogen-bond donors (Lipinski definition) is 1. The fraction of sp³-hybridized carbons (Fsp3) is 0.647. The number of ether oxygens (including phenoxy) is 3. The second-order valence-corrected chi connectivity index (χ2v) is 5.75. The van der Waals surface area contributed by atoms with E-state index in [2.05, 4.69) is 11.4 Å². The monoisotopic (exact) mass is 291 g/mol. The van der Waals surface area contributed by atoms with E-state index in [9.17, 15) is 0 Å². The lowest BCUT2D eigenvalue weighted by molar-refractivity contribution is 0.0302. The maximum Gasteiger partial charge on any atom is 0.165 e. The summed E-state index contributed by atoms with van der Waals surface area (Å²) in [5.41, 5.74) is 1.16. The number of benzene rings is 1. The Morgan fingerprint density at radius 1 is 1.10 bits per heavy atom. The van der Waals surface area contributed by atoms with Gasteiger partial charge in [-0.2, -0.15) is 0 Å². The molecule has 4 heteroatoms. The maximum absolute atomic E-state index is 5.92. The number of nitrogens with one attached hydrogen (secondary N) is 1. The Morgan fingerprint density at radius 2 is 1.95 bits per heavy atom. The van der Waals surface area contributed by atoms with Gasteiger partial charge in [-0.05, 0) is 18.9 Å². The Hall–Kier alpha value is -1.26. The molecule has 0 unspecified atom stereocenters. The molecule has 1 saturated carbocycles. The van der Waals surface area contributed by atoms with Crippen LogP contribution in [0.3, 0.4) is 0 Å². The minimum atomic E-state index is 0.488. The van der Waals surface area contributed by atoms with E-state index < -0.39 is 0 Å². The highest BCUT2D eigenvalue weighted by atomic mass is 16.6. The van der Waals surface area contributed by atoms with Crippen LogP contribution in [0, 0.1) is 0 Å². The second kappa shape index (κ2) is 7.66. The Kier molecular flexibility index (Phi) is 5.35. The van der Waals surface area contributed by atoms with E-state index in [1.807, 2.05) is 12.1 Å². The van der Waals surface area contributed by atoms with Crippen LogP contribution in [-0.4, -0.2) is 32.5 Å². The van der Waals surface area contributed by atoms with E-state index in [1.165, 1.54) is 32.1 Å². The van der Waals surface area contributed by atoms with Gasteiger partial charge in [-0.15, -0.1) is 0 Å². The van der Waals surface area contributed by atoms with E-state index in [0.29, 0.717) is 19.3 Å². The van der Waals surface area contributed by atoms with Crippen LogP contribution in [0.2, 0.25) is 0 Å². The molecule has 3 rings (SSSR count). The Balaban J connectivity index is 1.39. The molecule has 1 aromatic carbocycles. The van der Waals surface area contributed by atoms with Gasteiger partial charge in [-0.1, -0.05) is 31.4 Å². The fourth-order valence-electron chi connectivity index (χ4n) is 3.03. The lowest BCUT2D eigenvalue weighted by Crippen LogP contribution is -2.25. The third-order valence-corrected chi connectivity index (χ3v) is 4.15. The van der Waals surface area contributed by atoms with Crippen molar-refractivity contribution in [2.24, 2.45) is 0 Å². The van der Waals surface area contributed by atoms with Gasteiger partial charge in [0.2, 0.25) is 0 Å². The molecular weight excluding hydrogens is 266 g/mol. The molecule has 0 atom stereocenters. The molecule has 0 spiro atoms.